The second-order valence-electron chi connectivity index (χ2n) is 16.5. The SMILES string of the molecule is O=C(NCc1cc2c3ccccc3nc(SCC(=O)N3CC4(C3)CN(c3ccc([C@@H]5c6ccc(O)cc6CC[C@@H]5c5ccccc5)cc3)C4)n2n1)c1ccccc1OC(F)(F)F. The Balaban J connectivity index is 0.773. The molecule has 2 N–H and O–H groups in total. The van der Waals surface area contributed by atoms with Gasteiger partial charge in [0.15, 0.2) is 5.16 Å². The van der Waals surface area contributed by atoms with Crippen LogP contribution in [-0.2, 0) is 17.8 Å². The number of phenols is 1. The molecule has 2 fully saturated rings. The standard InChI is InChI=1S/C48H41F3N6O4S/c49-48(50,51)61-42-13-7-5-11-39(42)45(60)52-24-33-23-41-38-10-4-6-12-40(38)53-46(57(41)54-33)62-25-43(59)56-28-47(29-56)26-55(27-47)34-17-14-31(15-18-34)44-36(30-8-2-1-3-9-30)20-16-32-22-35(58)19-21-37(32)44/h1-15,17-19,21-23,36,44,58H,16,20,24-29H2,(H,52,60)/t36-,44+/m1/s1. The van der Waals surface area contributed by atoms with E-state index in [-0.39, 0.29) is 35.1 Å². The number of nitrogens with zero attached hydrogens (tertiary/aromatic N) is 5. The Labute approximate surface area is 359 Å². The highest BCUT2D eigenvalue weighted by molar-refractivity contribution is 7.99. The van der Waals surface area contributed by atoms with Gasteiger partial charge in [0, 0.05) is 48.6 Å². The van der Waals surface area contributed by atoms with E-state index in [0.717, 1.165) is 42.9 Å². The molecule has 2 saturated heterocycles. The number of amides is 2. The van der Waals surface area contributed by atoms with Gasteiger partial charge in [-0.15, -0.1) is 13.2 Å². The first kappa shape index (κ1) is 39.6. The zero-order valence-corrected chi connectivity index (χ0v) is 34.2. The van der Waals surface area contributed by atoms with E-state index in [9.17, 15) is 27.9 Å². The van der Waals surface area contributed by atoms with Gasteiger partial charge in [-0.1, -0.05) is 90.6 Å². The van der Waals surface area contributed by atoms with Gasteiger partial charge in [0.1, 0.15) is 11.5 Å². The van der Waals surface area contributed by atoms with Gasteiger partial charge >= 0.3 is 6.36 Å². The summed E-state index contributed by atoms with van der Waals surface area (Å²) >= 11 is 1.29. The number of phenolic OH excluding ortho intramolecular Hbond substituents is 1. The molecular weight excluding hydrogens is 814 g/mol. The number of benzene rings is 5. The number of aromatic nitrogens is 3. The molecule has 2 aromatic heterocycles. The molecule has 10 rings (SSSR count). The number of fused-ring (bicyclic) bond motifs is 4. The molecule has 14 heteroatoms. The lowest BCUT2D eigenvalue weighted by molar-refractivity contribution is -0.274. The Morgan fingerprint density at radius 3 is 2.39 bits per heavy atom. The Bertz CT molecular complexity index is 2820. The number of carbonyl (C=O) groups is 2. The highest BCUT2D eigenvalue weighted by Crippen LogP contribution is 2.48. The third-order valence-corrected chi connectivity index (χ3v) is 13.3. The van der Waals surface area contributed by atoms with E-state index in [0.29, 0.717) is 41.1 Å². The molecule has 0 bridgehead atoms. The minimum absolute atomic E-state index is 0.0139. The lowest BCUT2D eigenvalue weighted by atomic mass is 9.69. The molecule has 4 heterocycles. The predicted molar refractivity (Wildman–Crippen MR) is 231 cm³/mol. The van der Waals surface area contributed by atoms with Crippen molar-refractivity contribution < 1.29 is 32.6 Å². The quantitative estimate of drug-likeness (QED) is 0.104. The third kappa shape index (κ3) is 7.67. The summed E-state index contributed by atoms with van der Waals surface area (Å²) in [6, 6.07) is 40.0. The second kappa shape index (κ2) is 15.7. The van der Waals surface area contributed by atoms with Crippen LogP contribution < -0.4 is 15.0 Å². The average molecular weight is 855 g/mol. The molecule has 2 amide bonds. The number of likely N-dealkylation sites (tertiary alicyclic amines) is 1. The van der Waals surface area contributed by atoms with Crippen molar-refractivity contribution in [2.75, 3.05) is 36.8 Å². The maximum atomic E-state index is 13.5. The minimum Gasteiger partial charge on any atom is -0.508 e. The lowest BCUT2D eigenvalue weighted by Gasteiger charge is -2.61. The van der Waals surface area contributed by atoms with Crippen LogP contribution in [0.1, 0.15) is 56.6 Å². The van der Waals surface area contributed by atoms with Crippen LogP contribution in [0.5, 0.6) is 11.5 Å². The van der Waals surface area contributed by atoms with Crippen molar-refractivity contribution in [2.45, 2.75) is 42.7 Å². The average Bonchev–Trinajstić information content (AvgIpc) is 3.68. The van der Waals surface area contributed by atoms with Gasteiger partial charge in [0.25, 0.3) is 5.91 Å². The van der Waals surface area contributed by atoms with Gasteiger partial charge < -0.3 is 25.0 Å². The van der Waals surface area contributed by atoms with Gasteiger partial charge in [0.2, 0.25) is 5.91 Å². The number of aromatic hydroxyl groups is 1. The topological polar surface area (TPSA) is 112 Å². The summed E-state index contributed by atoms with van der Waals surface area (Å²) in [5, 5.41) is 18.9. The molecule has 2 aliphatic heterocycles. The van der Waals surface area contributed by atoms with Gasteiger partial charge in [-0.2, -0.15) is 5.10 Å². The lowest BCUT2D eigenvalue weighted by Crippen LogP contribution is -2.73. The number of ether oxygens (including phenoxy) is 1. The van der Waals surface area contributed by atoms with Crippen molar-refractivity contribution in [3.05, 3.63) is 161 Å². The van der Waals surface area contributed by atoms with Crippen molar-refractivity contribution in [3.63, 3.8) is 0 Å². The van der Waals surface area contributed by atoms with Crippen molar-refractivity contribution in [3.8, 4) is 11.5 Å². The van der Waals surface area contributed by atoms with Crippen LogP contribution in [0, 0.1) is 5.41 Å². The highest BCUT2D eigenvalue weighted by Gasteiger charge is 2.53. The molecule has 10 nitrogen and oxygen atoms in total. The van der Waals surface area contributed by atoms with Gasteiger partial charge in [0.05, 0.1) is 34.6 Å². The van der Waals surface area contributed by atoms with Crippen molar-refractivity contribution >= 4 is 45.7 Å². The van der Waals surface area contributed by atoms with E-state index < -0.39 is 18.0 Å². The number of thioether (sulfide) groups is 1. The van der Waals surface area contributed by atoms with E-state index in [2.05, 4.69) is 80.7 Å². The zero-order chi connectivity index (χ0) is 42.6. The molecule has 0 radical (unpaired) electrons. The van der Waals surface area contributed by atoms with E-state index in [1.807, 2.05) is 35.2 Å². The first-order valence-electron chi connectivity index (χ1n) is 20.5. The molecule has 62 heavy (non-hydrogen) atoms. The minimum atomic E-state index is -4.95. The van der Waals surface area contributed by atoms with Gasteiger partial charge in [-0.05, 0) is 89.5 Å². The van der Waals surface area contributed by atoms with Crippen LogP contribution in [-0.4, -0.2) is 74.7 Å². The van der Waals surface area contributed by atoms with Crippen LogP contribution in [0.15, 0.2) is 133 Å². The maximum absolute atomic E-state index is 13.5. The van der Waals surface area contributed by atoms with Crippen LogP contribution in [0.3, 0.4) is 0 Å². The summed E-state index contributed by atoms with van der Waals surface area (Å²) in [7, 11) is 0. The van der Waals surface area contributed by atoms with Crippen LogP contribution >= 0.6 is 11.8 Å². The Morgan fingerprint density at radius 2 is 1.60 bits per heavy atom. The van der Waals surface area contributed by atoms with Gasteiger partial charge in [-0.25, -0.2) is 9.50 Å². The molecule has 5 aromatic carbocycles. The second-order valence-corrected chi connectivity index (χ2v) is 17.4. The number of anilines is 1. The van der Waals surface area contributed by atoms with Crippen LogP contribution in [0.4, 0.5) is 18.9 Å². The highest BCUT2D eigenvalue weighted by atomic mass is 32.2. The maximum Gasteiger partial charge on any atom is 0.573 e. The molecule has 0 saturated carbocycles. The molecule has 0 unspecified atom stereocenters. The Kier molecular flexibility index (Phi) is 10.0. The van der Waals surface area contributed by atoms with Crippen molar-refractivity contribution in [1.29, 1.82) is 0 Å². The Hall–Kier alpha value is -6.54. The molecule has 1 spiro atoms. The number of rotatable bonds is 10. The first-order valence-corrected chi connectivity index (χ1v) is 21.5. The normalized spacial score (nSPS) is 18.0. The van der Waals surface area contributed by atoms with E-state index in [4.69, 9.17) is 4.98 Å². The van der Waals surface area contributed by atoms with E-state index in [1.54, 1.807) is 16.6 Å². The van der Waals surface area contributed by atoms with Gasteiger partial charge in [-0.3, -0.25) is 9.59 Å². The molecule has 3 aliphatic rings. The fourth-order valence-corrected chi connectivity index (χ4v) is 10.4. The molecule has 7 aromatic rings. The Morgan fingerprint density at radius 1 is 0.855 bits per heavy atom. The first-order chi connectivity index (χ1) is 30.0. The number of hydrogen-bond donors (Lipinski definition) is 2. The molecule has 2 atom stereocenters. The smallest absolute Gasteiger partial charge is 0.508 e. The van der Waals surface area contributed by atoms with Crippen LogP contribution in [0.25, 0.3) is 16.4 Å². The largest absolute Gasteiger partial charge is 0.573 e. The van der Waals surface area contributed by atoms with E-state index >= 15 is 0 Å². The van der Waals surface area contributed by atoms with Crippen LogP contribution in [0.2, 0.25) is 0 Å². The fourth-order valence-electron chi connectivity index (χ4n) is 9.49. The van der Waals surface area contributed by atoms with Crippen molar-refractivity contribution in [1.82, 2.24) is 24.8 Å². The monoisotopic (exact) mass is 854 g/mol. The molecule has 1 aliphatic carbocycles. The summed E-state index contributed by atoms with van der Waals surface area (Å²) in [5.74, 6) is -0.326. The number of halogens is 3. The van der Waals surface area contributed by atoms with Crippen molar-refractivity contribution in [2.24, 2.45) is 5.41 Å². The summed E-state index contributed by atoms with van der Waals surface area (Å²) in [5.41, 5.74) is 7.96. The number of para-hydroxylation sites is 2. The van der Waals surface area contributed by atoms with E-state index in [1.165, 1.54) is 57.9 Å². The number of hydrogen-bond acceptors (Lipinski definition) is 8. The summed E-state index contributed by atoms with van der Waals surface area (Å²) < 4.78 is 44.6. The molecule has 314 valence electrons. The number of carbonyl (C=O) groups excluding carboxylic acids is 2. The fraction of sp³-hybridized carbons (Fsp3) is 0.250. The predicted octanol–water partition coefficient (Wildman–Crippen LogP) is 8.72. The zero-order valence-electron chi connectivity index (χ0n) is 33.4. The third-order valence-electron chi connectivity index (χ3n) is 12.3. The summed E-state index contributed by atoms with van der Waals surface area (Å²) in [6.45, 7) is 3.07. The number of aryl methyl sites for hydroxylation is 1. The summed E-state index contributed by atoms with van der Waals surface area (Å²) in [6.07, 6.45) is -3.01. The summed E-state index contributed by atoms with van der Waals surface area (Å²) in [4.78, 5) is 35.6. The number of nitrogens with one attached hydrogen (secondary N) is 1. The molecular formula is C48H41F3N6O4S. The number of alkyl halides is 3.